The molecule has 0 saturated heterocycles. The van der Waals surface area contributed by atoms with Gasteiger partial charge in [0.05, 0.1) is 0 Å². The SMILES string of the molecule is CCc1c(C)ncn2c(-c3cccc(CN)c3)nnc12. The Kier molecular flexibility index (Phi) is 3.20. The molecule has 3 aromatic rings. The molecule has 5 nitrogen and oxygen atoms in total. The quantitative estimate of drug-likeness (QED) is 0.789. The molecular weight excluding hydrogens is 250 g/mol. The van der Waals surface area contributed by atoms with Crippen LogP contribution in [0.25, 0.3) is 17.0 Å². The molecule has 0 bridgehead atoms. The lowest BCUT2D eigenvalue weighted by molar-refractivity contribution is 0.978. The van der Waals surface area contributed by atoms with E-state index in [0.717, 1.165) is 40.3 Å². The van der Waals surface area contributed by atoms with Crippen molar-refractivity contribution in [3.05, 3.63) is 47.4 Å². The zero-order chi connectivity index (χ0) is 14.1. The number of benzene rings is 1. The summed E-state index contributed by atoms with van der Waals surface area (Å²) in [6.07, 6.45) is 2.68. The molecule has 20 heavy (non-hydrogen) atoms. The first-order chi connectivity index (χ1) is 9.74. The molecule has 0 aliphatic carbocycles. The molecule has 0 unspecified atom stereocenters. The zero-order valence-electron chi connectivity index (χ0n) is 11.7. The Labute approximate surface area is 117 Å². The molecule has 5 heteroatoms. The van der Waals surface area contributed by atoms with Crippen LogP contribution in [0.4, 0.5) is 0 Å². The van der Waals surface area contributed by atoms with Gasteiger partial charge in [-0.3, -0.25) is 4.40 Å². The molecule has 0 radical (unpaired) electrons. The summed E-state index contributed by atoms with van der Waals surface area (Å²) in [5, 5.41) is 8.65. The van der Waals surface area contributed by atoms with Crippen LogP contribution in [0.5, 0.6) is 0 Å². The maximum absolute atomic E-state index is 5.70. The third-order valence-electron chi connectivity index (χ3n) is 3.54. The molecule has 0 saturated carbocycles. The van der Waals surface area contributed by atoms with E-state index < -0.39 is 0 Å². The molecule has 2 heterocycles. The second-order valence-corrected chi connectivity index (χ2v) is 4.78. The van der Waals surface area contributed by atoms with E-state index in [2.05, 4.69) is 22.1 Å². The Balaban J connectivity index is 2.22. The molecule has 0 spiro atoms. The predicted molar refractivity (Wildman–Crippen MR) is 78.2 cm³/mol. The zero-order valence-corrected chi connectivity index (χ0v) is 11.7. The van der Waals surface area contributed by atoms with Crippen LogP contribution in [0.1, 0.15) is 23.7 Å². The maximum Gasteiger partial charge on any atom is 0.169 e. The molecule has 1 aromatic carbocycles. The van der Waals surface area contributed by atoms with Crippen molar-refractivity contribution in [3.63, 3.8) is 0 Å². The first kappa shape index (κ1) is 12.7. The van der Waals surface area contributed by atoms with Crippen molar-refractivity contribution in [2.45, 2.75) is 26.8 Å². The number of nitrogens with zero attached hydrogens (tertiary/aromatic N) is 4. The monoisotopic (exact) mass is 267 g/mol. The minimum absolute atomic E-state index is 0.516. The van der Waals surface area contributed by atoms with Gasteiger partial charge in [-0.2, -0.15) is 0 Å². The fourth-order valence-corrected chi connectivity index (χ4v) is 2.44. The van der Waals surface area contributed by atoms with Crippen molar-refractivity contribution in [3.8, 4) is 11.4 Å². The lowest BCUT2D eigenvalue weighted by Crippen LogP contribution is -2.00. The highest BCUT2D eigenvalue weighted by Gasteiger charge is 2.13. The van der Waals surface area contributed by atoms with E-state index in [4.69, 9.17) is 5.73 Å². The Morgan fingerprint density at radius 2 is 2.10 bits per heavy atom. The molecule has 102 valence electrons. The predicted octanol–water partition coefficient (Wildman–Crippen LogP) is 2.12. The molecule has 2 N–H and O–H groups in total. The summed E-state index contributed by atoms with van der Waals surface area (Å²) in [5.41, 5.74) is 10.8. The van der Waals surface area contributed by atoms with Gasteiger partial charge in [0.2, 0.25) is 0 Å². The van der Waals surface area contributed by atoms with E-state index in [0.29, 0.717) is 6.54 Å². The lowest BCUT2D eigenvalue weighted by Gasteiger charge is -2.05. The van der Waals surface area contributed by atoms with Crippen LogP contribution in [0, 0.1) is 6.92 Å². The summed E-state index contributed by atoms with van der Waals surface area (Å²) < 4.78 is 1.95. The summed E-state index contributed by atoms with van der Waals surface area (Å²) in [6.45, 7) is 4.62. The van der Waals surface area contributed by atoms with Gasteiger partial charge in [-0.25, -0.2) is 4.98 Å². The van der Waals surface area contributed by atoms with Gasteiger partial charge in [0.1, 0.15) is 6.33 Å². The summed E-state index contributed by atoms with van der Waals surface area (Å²) in [7, 11) is 0. The first-order valence-electron chi connectivity index (χ1n) is 6.73. The van der Waals surface area contributed by atoms with Crippen molar-refractivity contribution in [2.75, 3.05) is 0 Å². The van der Waals surface area contributed by atoms with Crippen LogP contribution in [-0.4, -0.2) is 19.6 Å². The number of nitrogens with two attached hydrogens (primary N) is 1. The molecule has 0 amide bonds. The van der Waals surface area contributed by atoms with Gasteiger partial charge < -0.3 is 5.73 Å². The topological polar surface area (TPSA) is 69.1 Å². The van der Waals surface area contributed by atoms with E-state index >= 15 is 0 Å². The highest BCUT2D eigenvalue weighted by Crippen LogP contribution is 2.21. The van der Waals surface area contributed by atoms with Gasteiger partial charge in [-0.05, 0) is 25.0 Å². The summed E-state index contributed by atoms with van der Waals surface area (Å²) in [4.78, 5) is 4.44. The van der Waals surface area contributed by atoms with Crippen LogP contribution in [-0.2, 0) is 13.0 Å². The maximum atomic E-state index is 5.70. The van der Waals surface area contributed by atoms with Gasteiger partial charge in [0, 0.05) is 23.4 Å². The molecule has 3 rings (SSSR count). The smallest absolute Gasteiger partial charge is 0.169 e. The van der Waals surface area contributed by atoms with E-state index in [9.17, 15) is 0 Å². The van der Waals surface area contributed by atoms with E-state index in [1.54, 1.807) is 6.33 Å². The highest BCUT2D eigenvalue weighted by atomic mass is 15.3. The normalized spacial score (nSPS) is 11.2. The lowest BCUT2D eigenvalue weighted by atomic mass is 10.1. The average Bonchev–Trinajstić information content (AvgIpc) is 2.91. The van der Waals surface area contributed by atoms with E-state index in [1.807, 2.05) is 35.6 Å². The number of aromatic nitrogens is 4. The third-order valence-corrected chi connectivity index (χ3v) is 3.54. The highest BCUT2D eigenvalue weighted by molar-refractivity contribution is 5.62. The number of hydrogen-bond acceptors (Lipinski definition) is 4. The Morgan fingerprint density at radius 3 is 2.85 bits per heavy atom. The van der Waals surface area contributed by atoms with Crippen LogP contribution in [0.15, 0.2) is 30.6 Å². The molecule has 0 atom stereocenters. The van der Waals surface area contributed by atoms with Gasteiger partial charge in [-0.1, -0.05) is 25.1 Å². The number of fused-ring (bicyclic) bond motifs is 1. The van der Waals surface area contributed by atoms with Crippen LogP contribution < -0.4 is 5.73 Å². The summed E-state index contributed by atoms with van der Waals surface area (Å²) in [6, 6.07) is 8.05. The van der Waals surface area contributed by atoms with Crippen molar-refractivity contribution in [1.82, 2.24) is 19.6 Å². The van der Waals surface area contributed by atoms with Gasteiger partial charge >= 0.3 is 0 Å². The Hall–Kier alpha value is -2.27. The molecule has 0 fully saturated rings. The molecule has 2 aromatic heterocycles. The minimum Gasteiger partial charge on any atom is -0.326 e. The van der Waals surface area contributed by atoms with E-state index in [-0.39, 0.29) is 0 Å². The first-order valence-corrected chi connectivity index (χ1v) is 6.73. The van der Waals surface area contributed by atoms with E-state index in [1.165, 1.54) is 0 Å². The summed E-state index contributed by atoms with van der Waals surface area (Å²) >= 11 is 0. The van der Waals surface area contributed by atoms with Crippen LogP contribution in [0.3, 0.4) is 0 Å². The molecule has 0 aliphatic rings. The summed E-state index contributed by atoms with van der Waals surface area (Å²) in [5.74, 6) is 0.803. The minimum atomic E-state index is 0.516. The van der Waals surface area contributed by atoms with Crippen LogP contribution in [0.2, 0.25) is 0 Å². The largest absolute Gasteiger partial charge is 0.326 e. The second kappa shape index (κ2) is 5.02. The van der Waals surface area contributed by atoms with Gasteiger partial charge in [-0.15, -0.1) is 10.2 Å². The standard InChI is InChI=1S/C15H17N5/c1-3-13-10(2)17-9-20-14(18-19-15(13)20)12-6-4-5-11(7-12)8-16/h4-7,9H,3,8,16H2,1-2H3. The van der Waals surface area contributed by atoms with Crippen molar-refractivity contribution < 1.29 is 0 Å². The fourth-order valence-electron chi connectivity index (χ4n) is 2.44. The Morgan fingerprint density at radius 1 is 1.25 bits per heavy atom. The van der Waals surface area contributed by atoms with Crippen LogP contribution >= 0.6 is 0 Å². The van der Waals surface area contributed by atoms with Crippen molar-refractivity contribution in [1.29, 1.82) is 0 Å². The molecular formula is C15H17N5. The van der Waals surface area contributed by atoms with Gasteiger partial charge in [0.25, 0.3) is 0 Å². The second-order valence-electron chi connectivity index (χ2n) is 4.78. The number of aryl methyl sites for hydroxylation is 2. The fraction of sp³-hybridized carbons (Fsp3) is 0.267. The van der Waals surface area contributed by atoms with Crippen molar-refractivity contribution in [2.24, 2.45) is 5.73 Å². The number of rotatable bonds is 3. The average molecular weight is 267 g/mol. The van der Waals surface area contributed by atoms with Gasteiger partial charge in [0.15, 0.2) is 11.5 Å². The molecule has 0 aliphatic heterocycles. The third kappa shape index (κ3) is 1.96. The number of hydrogen-bond donors (Lipinski definition) is 1. The Bertz CT molecular complexity index is 760. The van der Waals surface area contributed by atoms with Crippen molar-refractivity contribution >= 4 is 5.65 Å².